The highest BCUT2D eigenvalue weighted by molar-refractivity contribution is 7.92. The Labute approximate surface area is 258 Å². The molecule has 230 valence electrons. The van der Waals surface area contributed by atoms with Crippen molar-refractivity contribution in [1.29, 1.82) is 0 Å². The number of rotatable bonds is 11. The molecule has 10 heteroatoms. The van der Waals surface area contributed by atoms with Crippen molar-refractivity contribution in [3.63, 3.8) is 0 Å². The van der Waals surface area contributed by atoms with Gasteiger partial charge in [0.05, 0.1) is 16.1 Å². The smallest absolute Gasteiger partial charge is 0.407 e. The van der Waals surface area contributed by atoms with Crippen molar-refractivity contribution in [3.05, 3.63) is 114 Å². The van der Waals surface area contributed by atoms with Crippen molar-refractivity contribution in [2.75, 3.05) is 16.6 Å². The van der Waals surface area contributed by atoms with E-state index in [0.717, 1.165) is 5.56 Å². The zero-order chi connectivity index (χ0) is 31.9. The minimum absolute atomic E-state index is 0.0811. The third-order valence-electron chi connectivity index (χ3n) is 6.62. The van der Waals surface area contributed by atoms with Gasteiger partial charge in [0, 0.05) is 18.3 Å². The Bertz CT molecular complexity index is 1730. The highest BCUT2D eigenvalue weighted by Gasteiger charge is 2.20. The van der Waals surface area contributed by atoms with Crippen LogP contribution in [0.4, 0.5) is 16.2 Å². The van der Waals surface area contributed by atoms with E-state index in [9.17, 15) is 23.1 Å². The van der Waals surface area contributed by atoms with Gasteiger partial charge in [0.1, 0.15) is 5.60 Å². The number of carbonyl (C=O) groups is 2. The molecular formula is C34H37N3O6S. The minimum Gasteiger partial charge on any atom is -0.478 e. The average Bonchev–Trinajstić information content (AvgIpc) is 2.96. The fraction of sp³-hybridized carbons (Fsp3) is 0.235. The van der Waals surface area contributed by atoms with Crippen LogP contribution in [0.1, 0.15) is 42.3 Å². The Morgan fingerprint density at radius 3 is 2.23 bits per heavy atom. The summed E-state index contributed by atoms with van der Waals surface area (Å²) in [6.07, 6.45) is 0.0768. The topological polar surface area (TPSA) is 134 Å². The molecular weight excluding hydrogens is 578 g/mol. The van der Waals surface area contributed by atoms with Crippen molar-refractivity contribution >= 4 is 33.5 Å². The van der Waals surface area contributed by atoms with Gasteiger partial charge in [-0.2, -0.15) is 0 Å². The number of sulfonamides is 1. The Hall–Kier alpha value is -4.83. The summed E-state index contributed by atoms with van der Waals surface area (Å²) in [5, 5.41) is 15.6. The Balaban J connectivity index is 1.54. The van der Waals surface area contributed by atoms with Crippen LogP contribution in [0.2, 0.25) is 0 Å². The molecule has 4 aromatic rings. The average molecular weight is 616 g/mol. The second-order valence-electron chi connectivity index (χ2n) is 11.5. The second kappa shape index (κ2) is 13.6. The molecule has 0 aliphatic heterocycles. The van der Waals surface area contributed by atoms with E-state index in [4.69, 9.17) is 4.74 Å². The first-order valence-corrected chi connectivity index (χ1v) is 15.6. The van der Waals surface area contributed by atoms with Gasteiger partial charge in [0.2, 0.25) is 0 Å². The third kappa shape index (κ3) is 9.08. The zero-order valence-electron chi connectivity index (χ0n) is 25.1. The number of nitrogens with one attached hydrogen (secondary N) is 3. The van der Waals surface area contributed by atoms with Gasteiger partial charge in [0.15, 0.2) is 0 Å². The van der Waals surface area contributed by atoms with Gasteiger partial charge in [-0.3, -0.25) is 4.72 Å². The van der Waals surface area contributed by atoms with Crippen LogP contribution < -0.4 is 15.4 Å². The number of amides is 1. The second-order valence-corrected chi connectivity index (χ2v) is 13.1. The van der Waals surface area contributed by atoms with Gasteiger partial charge < -0.3 is 20.5 Å². The Morgan fingerprint density at radius 2 is 1.52 bits per heavy atom. The number of carbonyl (C=O) groups excluding carboxylic acids is 1. The lowest BCUT2D eigenvalue weighted by molar-refractivity contribution is 0.0525. The Kier molecular flexibility index (Phi) is 9.95. The highest BCUT2D eigenvalue weighted by atomic mass is 32.2. The van der Waals surface area contributed by atoms with E-state index in [-0.39, 0.29) is 23.0 Å². The fourth-order valence-corrected chi connectivity index (χ4v) is 5.93. The molecule has 0 fully saturated rings. The van der Waals surface area contributed by atoms with E-state index in [1.807, 2.05) is 36.4 Å². The third-order valence-corrected chi connectivity index (χ3v) is 8.15. The van der Waals surface area contributed by atoms with E-state index in [1.54, 1.807) is 76.2 Å². The minimum atomic E-state index is -4.00. The molecule has 0 bridgehead atoms. The summed E-state index contributed by atoms with van der Waals surface area (Å²) >= 11 is 0. The fourth-order valence-electron chi connectivity index (χ4n) is 4.61. The van der Waals surface area contributed by atoms with Gasteiger partial charge >= 0.3 is 12.1 Å². The predicted octanol–water partition coefficient (Wildman–Crippen LogP) is 6.71. The van der Waals surface area contributed by atoms with Crippen molar-refractivity contribution in [2.24, 2.45) is 0 Å². The number of anilines is 2. The lowest BCUT2D eigenvalue weighted by Crippen LogP contribution is -2.40. The molecule has 0 saturated heterocycles. The highest BCUT2D eigenvalue weighted by Crippen LogP contribution is 2.28. The Morgan fingerprint density at radius 1 is 0.841 bits per heavy atom. The monoisotopic (exact) mass is 615 g/mol. The lowest BCUT2D eigenvalue weighted by Gasteiger charge is -2.24. The number of aromatic carboxylic acids is 1. The molecule has 0 spiro atoms. The molecule has 9 nitrogen and oxygen atoms in total. The van der Waals surface area contributed by atoms with Crippen molar-refractivity contribution in [3.8, 4) is 11.1 Å². The summed E-state index contributed by atoms with van der Waals surface area (Å²) in [7, 11) is -4.00. The number of aryl methyl sites for hydroxylation is 1. The molecule has 1 atom stereocenters. The van der Waals surface area contributed by atoms with Gasteiger partial charge in [-0.15, -0.1) is 0 Å². The summed E-state index contributed by atoms with van der Waals surface area (Å²) in [4.78, 5) is 23.9. The van der Waals surface area contributed by atoms with Gasteiger partial charge in [-0.05, 0) is 92.8 Å². The maximum Gasteiger partial charge on any atom is 0.407 e. The summed E-state index contributed by atoms with van der Waals surface area (Å²) in [6.45, 7) is 7.37. The van der Waals surface area contributed by atoms with Gasteiger partial charge in [-0.25, -0.2) is 18.0 Å². The van der Waals surface area contributed by atoms with Crippen LogP contribution in [0.5, 0.6) is 0 Å². The molecule has 0 aromatic heterocycles. The number of alkyl carbamates (subject to hydrolysis) is 1. The molecule has 44 heavy (non-hydrogen) atoms. The van der Waals surface area contributed by atoms with Crippen molar-refractivity contribution in [1.82, 2.24) is 5.32 Å². The molecule has 0 saturated carbocycles. The first-order valence-electron chi connectivity index (χ1n) is 14.1. The van der Waals surface area contributed by atoms with Crippen LogP contribution >= 0.6 is 0 Å². The maximum atomic E-state index is 13.6. The molecule has 1 amide bonds. The quantitative estimate of drug-likeness (QED) is 0.147. The van der Waals surface area contributed by atoms with Crippen LogP contribution in [0.25, 0.3) is 11.1 Å². The first-order chi connectivity index (χ1) is 20.8. The van der Waals surface area contributed by atoms with E-state index < -0.39 is 27.7 Å². The van der Waals surface area contributed by atoms with E-state index >= 15 is 0 Å². The van der Waals surface area contributed by atoms with E-state index in [2.05, 4.69) is 15.4 Å². The van der Waals surface area contributed by atoms with Crippen LogP contribution in [-0.4, -0.2) is 43.8 Å². The number of carboxylic acids is 1. The largest absolute Gasteiger partial charge is 0.478 e. The van der Waals surface area contributed by atoms with E-state index in [0.29, 0.717) is 34.5 Å². The standard InChI is InChI=1S/C34H37N3O6S/c1-23-16-17-26(25-12-8-13-27(19-25)32(38)39)20-31(23)44(41,42)37-29-15-9-14-28(21-29)36-30(18-24-10-6-5-7-11-24)22-35-33(40)43-34(2,3)4/h5-17,19-21,30,36-37H,18,22H2,1-4H3,(H,35,40)(H,38,39). The summed E-state index contributed by atoms with van der Waals surface area (Å²) in [5.41, 5.74) is 3.28. The SMILES string of the molecule is Cc1ccc(-c2cccc(C(=O)O)c2)cc1S(=O)(=O)Nc1cccc(NC(CNC(=O)OC(C)(C)C)Cc2ccccc2)c1. The molecule has 1 unspecified atom stereocenters. The predicted molar refractivity (Wildman–Crippen MR) is 173 cm³/mol. The summed E-state index contributed by atoms with van der Waals surface area (Å²) in [5.74, 6) is -1.06. The number of carboxylic acid groups (broad SMARTS) is 1. The normalized spacial score (nSPS) is 12.2. The van der Waals surface area contributed by atoms with Crippen LogP contribution in [0, 0.1) is 6.92 Å². The molecule has 4 N–H and O–H groups in total. The van der Waals surface area contributed by atoms with E-state index in [1.165, 1.54) is 12.1 Å². The van der Waals surface area contributed by atoms with Crippen LogP contribution in [0.15, 0.2) is 102 Å². The summed E-state index contributed by atoms with van der Waals surface area (Å²) in [6, 6.07) is 27.9. The maximum absolute atomic E-state index is 13.6. The molecule has 0 aliphatic rings. The van der Waals surface area contributed by atoms with Gasteiger partial charge in [-0.1, -0.05) is 60.7 Å². The number of hydrogen-bond donors (Lipinski definition) is 4. The number of hydrogen-bond acceptors (Lipinski definition) is 6. The number of ether oxygens (including phenoxy) is 1. The van der Waals surface area contributed by atoms with Crippen LogP contribution in [-0.2, 0) is 21.2 Å². The molecule has 0 heterocycles. The molecule has 4 aromatic carbocycles. The molecule has 0 aliphatic carbocycles. The van der Waals surface area contributed by atoms with Gasteiger partial charge in [0.25, 0.3) is 10.0 Å². The van der Waals surface area contributed by atoms with Crippen LogP contribution in [0.3, 0.4) is 0 Å². The zero-order valence-corrected chi connectivity index (χ0v) is 25.9. The van der Waals surface area contributed by atoms with Crippen molar-refractivity contribution in [2.45, 2.75) is 50.7 Å². The lowest BCUT2D eigenvalue weighted by atomic mass is 10.0. The first kappa shape index (κ1) is 32.1. The summed E-state index contributed by atoms with van der Waals surface area (Å²) < 4.78 is 35.2. The molecule has 0 radical (unpaired) electrons. The van der Waals surface area contributed by atoms with Crippen molar-refractivity contribution < 1.29 is 27.9 Å². The number of benzene rings is 4. The molecule has 4 rings (SSSR count).